The van der Waals surface area contributed by atoms with Crippen molar-refractivity contribution in [1.29, 1.82) is 0 Å². The molecule has 0 fully saturated rings. The summed E-state index contributed by atoms with van der Waals surface area (Å²) in [7, 11) is 0. The Morgan fingerprint density at radius 1 is 1.06 bits per heavy atom. The quantitative estimate of drug-likeness (QED) is 0.875. The molecule has 0 atom stereocenters. The van der Waals surface area contributed by atoms with Crippen LogP contribution in [-0.2, 0) is 24.1 Å². The van der Waals surface area contributed by atoms with Gasteiger partial charge in [-0.1, -0.05) is 30.3 Å². The van der Waals surface area contributed by atoms with Gasteiger partial charge < -0.3 is 5.11 Å². The number of aliphatic carboxylic acids is 1. The fourth-order valence-electron chi connectivity index (χ4n) is 1.87. The third-order valence-electron chi connectivity index (χ3n) is 2.75. The maximum atomic E-state index is 10.6. The van der Waals surface area contributed by atoms with Gasteiger partial charge in [-0.25, -0.2) is 0 Å². The van der Waals surface area contributed by atoms with Crippen LogP contribution in [0.5, 0.6) is 0 Å². The molecular weight excluding hydrogens is 226 g/mol. The van der Waals surface area contributed by atoms with Gasteiger partial charge in [0.15, 0.2) is 0 Å². The minimum Gasteiger partial charge on any atom is -0.481 e. The highest BCUT2D eigenvalue weighted by Crippen LogP contribution is 2.08. The second-order valence-corrected chi connectivity index (χ2v) is 4.21. The number of hydrogen-bond donors (Lipinski definition) is 1. The first-order valence-electron chi connectivity index (χ1n) is 5.93. The van der Waals surface area contributed by atoms with E-state index in [1.807, 2.05) is 24.3 Å². The predicted molar refractivity (Wildman–Crippen MR) is 69.4 cm³/mol. The Morgan fingerprint density at radius 2 is 1.83 bits per heavy atom. The number of carboxylic acids is 1. The average Bonchev–Trinajstić information content (AvgIpc) is 2.37. The van der Waals surface area contributed by atoms with Crippen molar-refractivity contribution in [3.05, 3.63) is 65.5 Å². The van der Waals surface area contributed by atoms with Crippen molar-refractivity contribution in [2.75, 3.05) is 0 Å². The van der Waals surface area contributed by atoms with Crippen molar-refractivity contribution in [1.82, 2.24) is 4.98 Å². The largest absolute Gasteiger partial charge is 0.481 e. The Hall–Kier alpha value is -2.16. The van der Waals surface area contributed by atoms with Crippen molar-refractivity contribution < 1.29 is 9.90 Å². The second kappa shape index (κ2) is 5.96. The average molecular weight is 241 g/mol. The van der Waals surface area contributed by atoms with Gasteiger partial charge in [0, 0.05) is 11.9 Å². The molecular formula is C15H15NO2. The lowest BCUT2D eigenvalue weighted by Crippen LogP contribution is -2.02. The third kappa shape index (κ3) is 3.70. The van der Waals surface area contributed by atoms with Crippen molar-refractivity contribution >= 4 is 5.97 Å². The first kappa shape index (κ1) is 12.3. The Balaban J connectivity index is 1.99. The minimum atomic E-state index is -0.810. The van der Waals surface area contributed by atoms with Gasteiger partial charge in [-0.2, -0.15) is 0 Å². The molecule has 1 N–H and O–H groups in total. The highest BCUT2D eigenvalue weighted by molar-refractivity contribution is 5.70. The molecule has 92 valence electrons. The lowest BCUT2D eigenvalue weighted by atomic mass is 10.1. The molecule has 18 heavy (non-hydrogen) atoms. The van der Waals surface area contributed by atoms with Gasteiger partial charge in [-0.05, 0) is 36.1 Å². The molecule has 3 heteroatoms. The van der Waals surface area contributed by atoms with Crippen LogP contribution >= 0.6 is 0 Å². The summed E-state index contributed by atoms with van der Waals surface area (Å²) in [4.78, 5) is 14.9. The van der Waals surface area contributed by atoms with Crippen LogP contribution in [0.25, 0.3) is 0 Å². The van der Waals surface area contributed by atoms with E-state index in [0.717, 1.165) is 24.1 Å². The number of nitrogens with zero attached hydrogens (tertiary/aromatic N) is 1. The van der Waals surface area contributed by atoms with Gasteiger partial charge in [0.1, 0.15) is 0 Å². The number of rotatable bonds is 5. The van der Waals surface area contributed by atoms with E-state index >= 15 is 0 Å². The molecule has 0 aliphatic carbocycles. The van der Waals surface area contributed by atoms with E-state index < -0.39 is 5.97 Å². The van der Waals surface area contributed by atoms with Crippen LogP contribution in [0.3, 0.4) is 0 Å². The molecule has 2 aromatic rings. The number of hydrogen-bond acceptors (Lipinski definition) is 2. The van der Waals surface area contributed by atoms with Crippen LogP contribution in [0.15, 0.2) is 48.7 Å². The van der Waals surface area contributed by atoms with E-state index in [-0.39, 0.29) is 6.42 Å². The van der Waals surface area contributed by atoms with Crippen LogP contribution in [-0.4, -0.2) is 16.1 Å². The molecule has 1 aromatic heterocycles. The Labute approximate surface area is 106 Å². The highest BCUT2D eigenvalue weighted by Gasteiger charge is 2.02. The number of benzene rings is 1. The third-order valence-corrected chi connectivity index (χ3v) is 2.75. The molecule has 0 aliphatic heterocycles. The zero-order chi connectivity index (χ0) is 12.8. The molecule has 0 bridgehead atoms. The summed E-state index contributed by atoms with van der Waals surface area (Å²) >= 11 is 0. The van der Waals surface area contributed by atoms with Crippen LogP contribution in [0.1, 0.15) is 16.8 Å². The standard InChI is InChI=1S/C15H15NO2/c17-15(18)11-13-8-9-16-14(10-13)7-6-12-4-2-1-3-5-12/h1-5,8-10H,6-7,11H2,(H,17,18). The number of aromatic nitrogens is 1. The molecule has 2 rings (SSSR count). The summed E-state index contributed by atoms with van der Waals surface area (Å²) in [6.07, 6.45) is 3.49. The Kier molecular flexibility index (Phi) is 4.07. The first-order chi connectivity index (χ1) is 8.74. The topological polar surface area (TPSA) is 50.2 Å². The zero-order valence-corrected chi connectivity index (χ0v) is 10.0. The summed E-state index contributed by atoms with van der Waals surface area (Å²) in [6.45, 7) is 0. The SMILES string of the molecule is O=C(O)Cc1ccnc(CCc2ccccc2)c1. The highest BCUT2D eigenvalue weighted by atomic mass is 16.4. The molecule has 0 aliphatic rings. The molecule has 0 saturated carbocycles. The molecule has 1 aromatic carbocycles. The Bertz CT molecular complexity index is 523. The zero-order valence-electron chi connectivity index (χ0n) is 10.0. The van der Waals surface area contributed by atoms with Gasteiger partial charge in [0.05, 0.1) is 6.42 Å². The van der Waals surface area contributed by atoms with Crippen molar-refractivity contribution in [3.8, 4) is 0 Å². The second-order valence-electron chi connectivity index (χ2n) is 4.21. The van der Waals surface area contributed by atoms with E-state index in [4.69, 9.17) is 5.11 Å². The summed E-state index contributed by atoms with van der Waals surface area (Å²) in [5, 5.41) is 8.75. The maximum Gasteiger partial charge on any atom is 0.307 e. The van der Waals surface area contributed by atoms with E-state index in [2.05, 4.69) is 17.1 Å². The monoisotopic (exact) mass is 241 g/mol. The lowest BCUT2D eigenvalue weighted by molar-refractivity contribution is -0.136. The summed E-state index contributed by atoms with van der Waals surface area (Å²) in [6, 6.07) is 13.8. The molecule has 0 amide bonds. The predicted octanol–water partition coefficient (Wildman–Crippen LogP) is 2.49. The smallest absolute Gasteiger partial charge is 0.307 e. The fraction of sp³-hybridized carbons (Fsp3) is 0.200. The molecule has 0 spiro atoms. The van der Waals surface area contributed by atoms with E-state index in [1.165, 1.54) is 5.56 Å². The van der Waals surface area contributed by atoms with E-state index in [0.29, 0.717) is 0 Å². The normalized spacial score (nSPS) is 10.2. The van der Waals surface area contributed by atoms with Crippen molar-refractivity contribution in [2.24, 2.45) is 0 Å². The van der Waals surface area contributed by atoms with Gasteiger partial charge in [0.2, 0.25) is 0 Å². The summed E-state index contributed by atoms with van der Waals surface area (Å²) in [5.41, 5.74) is 3.01. The number of aryl methyl sites for hydroxylation is 2. The first-order valence-corrected chi connectivity index (χ1v) is 5.93. The van der Waals surface area contributed by atoms with E-state index in [1.54, 1.807) is 12.3 Å². The number of carbonyl (C=O) groups is 1. The van der Waals surface area contributed by atoms with Crippen molar-refractivity contribution in [2.45, 2.75) is 19.3 Å². The Morgan fingerprint density at radius 3 is 2.56 bits per heavy atom. The summed E-state index contributed by atoms with van der Waals surface area (Å²) < 4.78 is 0. The van der Waals surface area contributed by atoms with Crippen molar-refractivity contribution in [3.63, 3.8) is 0 Å². The molecule has 0 radical (unpaired) electrons. The molecule has 0 unspecified atom stereocenters. The number of pyridine rings is 1. The van der Waals surface area contributed by atoms with Gasteiger partial charge >= 0.3 is 5.97 Å². The van der Waals surface area contributed by atoms with Crippen LogP contribution in [0.4, 0.5) is 0 Å². The molecule has 0 saturated heterocycles. The van der Waals surface area contributed by atoms with Gasteiger partial charge in [-0.15, -0.1) is 0 Å². The minimum absolute atomic E-state index is 0.0564. The maximum absolute atomic E-state index is 10.6. The van der Waals surface area contributed by atoms with E-state index in [9.17, 15) is 4.79 Å². The van der Waals surface area contributed by atoms with Crippen LogP contribution in [0, 0.1) is 0 Å². The van der Waals surface area contributed by atoms with Gasteiger partial charge in [0.25, 0.3) is 0 Å². The van der Waals surface area contributed by atoms with Crippen LogP contribution in [0.2, 0.25) is 0 Å². The van der Waals surface area contributed by atoms with Gasteiger partial charge in [-0.3, -0.25) is 9.78 Å². The number of carboxylic acid groups (broad SMARTS) is 1. The molecule has 1 heterocycles. The molecule has 3 nitrogen and oxygen atoms in total. The lowest BCUT2D eigenvalue weighted by Gasteiger charge is -2.03. The summed E-state index contributed by atoms with van der Waals surface area (Å²) in [5.74, 6) is -0.810. The van der Waals surface area contributed by atoms with Crippen LogP contribution < -0.4 is 0 Å². The fourth-order valence-corrected chi connectivity index (χ4v) is 1.87.